The molecule has 0 saturated carbocycles. The average molecular weight is 258 g/mol. The van der Waals surface area contributed by atoms with E-state index in [4.69, 9.17) is 22.7 Å². The van der Waals surface area contributed by atoms with Crippen LogP contribution in [0.1, 0.15) is 16.7 Å². The van der Waals surface area contributed by atoms with Gasteiger partial charge in [-0.2, -0.15) is 0 Å². The van der Waals surface area contributed by atoms with Crippen LogP contribution in [0.3, 0.4) is 0 Å². The Kier molecular flexibility index (Phi) is 3.58. The van der Waals surface area contributed by atoms with Crippen molar-refractivity contribution in [1.82, 2.24) is 4.98 Å². The quantitative estimate of drug-likeness (QED) is 0.859. The summed E-state index contributed by atoms with van der Waals surface area (Å²) in [5.41, 5.74) is 8.46. The smallest absolute Gasteiger partial charge is 0.219 e. The fraction of sp³-hybridized carbons (Fsp3) is 0.143. The SMILES string of the molecule is Cc1ccc(C)c(Oc2ccc(C(N)=S)cn2)c1. The van der Waals surface area contributed by atoms with E-state index >= 15 is 0 Å². The minimum absolute atomic E-state index is 0.334. The number of ether oxygens (including phenoxy) is 1. The van der Waals surface area contributed by atoms with Gasteiger partial charge in [-0.3, -0.25) is 0 Å². The Morgan fingerprint density at radius 2 is 2.00 bits per heavy atom. The Bertz CT molecular complexity index is 579. The standard InChI is InChI=1S/C14H14N2OS/c1-9-3-4-10(2)12(7-9)17-13-6-5-11(8-16-13)14(15)18/h3-8H,1-2H3,(H2,15,18). The van der Waals surface area contributed by atoms with E-state index in [2.05, 4.69) is 4.98 Å². The van der Waals surface area contributed by atoms with Crippen molar-refractivity contribution >= 4 is 17.2 Å². The summed E-state index contributed by atoms with van der Waals surface area (Å²) in [4.78, 5) is 4.51. The van der Waals surface area contributed by atoms with Gasteiger partial charge in [-0.25, -0.2) is 4.98 Å². The first-order valence-electron chi connectivity index (χ1n) is 5.57. The van der Waals surface area contributed by atoms with Crippen molar-refractivity contribution < 1.29 is 4.74 Å². The predicted octanol–water partition coefficient (Wildman–Crippen LogP) is 3.12. The molecule has 2 rings (SSSR count). The molecule has 2 N–H and O–H groups in total. The molecule has 1 heterocycles. The molecule has 0 aliphatic heterocycles. The van der Waals surface area contributed by atoms with Crippen molar-refractivity contribution in [3.8, 4) is 11.6 Å². The van der Waals surface area contributed by atoms with Crippen LogP contribution >= 0.6 is 12.2 Å². The summed E-state index contributed by atoms with van der Waals surface area (Å²) in [5.74, 6) is 1.34. The number of benzene rings is 1. The second-order valence-corrected chi connectivity index (χ2v) is 4.56. The summed E-state index contributed by atoms with van der Waals surface area (Å²) >= 11 is 4.87. The molecule has 0 amide bonds. The van der Waals surface area contributed by atoms with Gasteiger partial charge in [0.2, 0.25) is 5.88 Å². The summed E-state index contributed by atoms with van der Waals surface area (Å²) in [7, 11) is 0. The number of nitrogens with two attached hydrogens (primary N) is 1. The van der Waals surface area contributed by atoms with E-state index in [0.29, 0.717) is 10.9 Å². The molecule has 0 aliphatic rings. The van der Waals surface area contributed by atoms with Gasteiger partial charge >= 0.3 is 0 Å². The summed E-state index contributed by atoms with van der Waals surface area (Å²) < 4.78 is 5.73. The van der Waals surface area contributed by atoms with Gasteiger partial charge in [-0.1, -0.05) is 24.4 Å². The highest BCUT2D eigenvalue weighted by Crippen LogP contribution is 2.24. The van der Waals surface area contributed by atoms with Crippen molar-refractivity contribution in [2.45, 2.75) is 13.8 Å². The molecule has 0 saturated heterocycles. The van der Waals surface area contributed by atoms with E-state index < -0.39 is 0 Å². The molecule has 3 nitrogen and oxygen atoms in total. The minimum atomic E-state index is 0.334. The van der Waals surface area contributed by atoms with E-state index in [1.54, 1.807) is 18.3 Å². The van der Waals surface area contributed by atoms with Crippen LogP contribution in [0.2, 0.25) is 0 Å². The van der Waals surface area contributed by atoms with Crippen molar-refractivity contribution in [2.24, 2.45) is 5.73 Å². The number of hydrogen-bond donors (Lipinski definition) is 1. The van der Waals surface area contributed by atoms with Crippen molar-refractivity contribution in [1.29, 1.82) is 0 Å². The van der Waals surface area contributed by atoms with Crippen LogP contribution in [0.15, 0.2) is 36.5 Å². The fourth-order valence-electron chi connectivity index (χ4n) is 1.52. The first kappa shape index (κ1) is 12.5. The largest absolute Gasteiger partial charge is 0.439 e. The molecule has 0 aliphatic carbocycles. The van der Waals surface area contributed by atoms with Gasteiger partial charge in [-0.05, 0) is 37.1 Å². The Balaban J connectivity index is 2.23. The zero-order chi connectivity index (χ0) is 13.1. The van der Waals surface area contributed by atoms with Crippen LogP contribution in [0.5, 0.6) is 11.6 Å². The minimum Gasteiger partial charge on any atom is -0.439 e. The molecule has 4 heteroatoms. The third kappa shape index (κ3) is 2.84. The van der Waals surface area contributed by atoms with Gasteiger partial charge in [0.05, 0.1) is 0 Å². The third-order valence-electron chi connectivity index (χ3n) is 2.58. The van der Waals surface area contributed by atoms with Gasteiger partial charge in [0.25, 0.3) is 0 Å². The highest BCUT2D eigenvalue weighted by atomic mass is 32.1. The first-order chi connectivity index (χ1) is 8.56. The van der Waals surface area contributed by atoms with Crippen LogP contribution in [0.25, 0.3) is 0 Å². The van der Waals surface area contributed by atoms with Crippen LogP contribution in [-0.4, -0.2) is 9.97 Å². The lowest BCUT2D eigenvalue weighted by Crippen LogP contribution is -2.09. The second-order valence-electron chi connectivity index (χ2n) is 4.12. The van der Waals surface area contributed by atoms with E-state index in [1.807, 2.05) is 32.0 Å². The maximum absolute atomic E-state index is 5.73. The lowest BCUT2D eigenvalue weighted by atomic mass is 10.1. The lowest BCUT2D eigenvalue weighted by Gasteiger charge is -2.08. The molecule has 1 aromatic carbocycles. The maximum Gasteiger partial charge on any atom is 0.219 e. The van der Waals surface area contributed by atoms with E-state index in [9.17, 15) is 0 Å². The molecule has 18 heavy (non-hydrogen) atoms. The molecule has 2 aromatic rings. The topological polar surface area (TPSA) is 48.1 Å². The average Bonchev–Trinajstić information content (AvgIpc) is 2.34. The van der Waals surface area contributed by atoms with Crippen molar-refractivity contribution in [3.05, 3.63) is 53.2 Å². The fourth-order valence-corrected chi connectivity index (χ4v) is 1.64. The zero-order valence-electron chi connectivity index (χ0n) is 10.3. The molecule has 0 fully saturated rings. The van der Waals surface area contributed by atoms with E-state index in [1.165, 1.54) is 0 Å². The van der Waals surface area contributed by atoms with Crippen molar-refractivity contribution in [3.63, 3.8) is 0 Å². The summed E-state index contributed by atoms with van der Waals surface area (Å²) in [6.45, 7) is 4.02. The van der Waals surface area contributed by atoms with Gasteiger partial charge in [0.15, 0.2) is 0 Å². The number of aromatic nitrogens is 1. The number of pyridine rings is 1. The Morgan fingerprint density at radius 1 is 1.22 bits per heavy atom. The normalized spacial score (nSPS) is 10.1. The molecule has 92 valence electrons. The number of rotatable bonds is 3. The molecule has 0 atom stereocenters. The molecule has 0 unspecified atom stereocenters. The Hall–Kier alpha value is -1.94. The lowest BCUT2D eigenvalue weighted by molar-refractivity contribution is 0.459. The van der Waals surface area contributed by atoms with Crippen LogP contribution in [0.4, 0.5) is 0 Å². The van der Waals surface area contributed by atoms with E-state index in [-0.39, 0.29) is 0 Å². The number of aryl methyl sites for hydroxylation is 2. The van der Waals surface area contributed by atoms with E-state index in [0.717, 1.165) is 22.4 Å². The molecule has 0 radical (unpaired) electrons. The first-order valence-corrected chi connectivity index (χ1v) is 5.98. The molecule has 0 spiro atoms. The third-order valence-corrected chi connectivity index (χ3v) is 2.81. The molecular weight excluding hydrogens is 244 g/mol. The molecule has 1 aromatic heterocycles. The summed E-state index contributed by atoms with van der Waals surface area (Å²) in [5, 5.41) is 0. The van der Waals surface area contributed by atoms with Gasteiger partial charge < -0.3 is 10.5 Å². The number of hydrogen-bond acceptors (Lipinski definition) is 3. The monoisotopic (exact) mass is 258 g/mol. The number of thiocarbonyl (C=S) groups is 1. The van der Waals surface area contributed by atoms with Crippen molar-refractivity contribution in [2.75, 3.05) is 0 Å². The molecule has 0 bridgehead atoms. The summed E-state index contributed by atoms with van der Waals surface area (Å²) in [6.07, 6.45) is 1.61. The predicted molar refractivity (Wildman–Crippen MR) is 76.1 cm³/mol. The second kappa shape index (κ2) is 5.14. The molecular formula is C14H14N2OS. The maximum atomic E-state index is 5.73. The van der Waals surface area contributed by atoms with Gasteiger partial charge in [-0.15, -0.1) is 0 Å². The van der Waals surface area contributed by atoms with Gasteiger partial charge in [0.1, 0.15) is 10.7 Å². The summed E-state index contributed by atoms with van der Waals surface area (Å²) in [6, 6.07) is 9.62. The number of nitrogens with zero attached hydrogens (tertiary/aromatic N) is 1. The Labute approximate surface area is 112 Å². The van der Waals surface area contributed by atoms with Crippen LogP contribution in [0, 0.1) is 13.8 Å². The zero-order valence-corrected chi connectivity index (χ0v) is 11.1. The van der Waals surface area contributed by atoms with Gasteiger partial charge in [0, 0.05) is 17.8 Å². The highest BCUT2D eigenvalue weighted by molar-refractivity contribution is 7.80. The Morgan fingerprint density at radius 3 is 2.61 bits per heavy atom. The van der Waals surface area contributed by atoms with Crippen LogP contribution < -0.4 is 10.5 Å². The highest BCUT2D eigenvalue weighted by Gasteiger charge is 2.03. The van der Waals surface area contributed by atoms with Crippen LogP contribution in [-0.2, 0) is 0 Å².